The topological polar surface area (TPSA) is 92.7 Å². The summed E-state index contributed by atoms with van der Waals surface area (Å²) in [7, 11) is 0. The average molecular weight is 432 g/mol. The summed E-state index contributed by atoms with van der Waals surface area (Å²) in [6.07, 6.45) is 2.46. The smallest absolute Gasteiger partial charge is 0.265 e. The molecule has 2 aliphatic heterocycles. The largest absolute Gasteiger partial charge is 0.446 e. The minimum Gasteiger partial charge on any atom is -0.446 e. The molecule has 4 rings (SSSR count). The van der Waals surface area contributed by atoms with E-state index in [-0.39, 0.29) is 37.2 Å². The number of carbonyl (C=O) groups is 2. The molecule has 2 atom stereocenters. The number of halogens is 2. The first-order valence-electron chi connectivity index (χ1n) is 10.5. The molecule has 2 aromatic rings. The normalized spacial score (nSPS) is 22.0. The maximum atomic E-state index is 13.6. The number of amides is 2. The number of hydrogen-bond acceptors (Lipinski definition) is 5. The Kier molecular flexibility index (Phi) is 6.04. The van der Waals surface area contributed by atoms with E-state index in [2.05, 4.69) is 4.98 Å². The molecule has 7 nitrogen and oxygen atoms in total. The minimum absolute atomic E-state index is 0.0297. The molecule has 2 aliphatic rings. The van der Waals surface area contributed by atoms with Gasteiger partial charge in [-0.1, -0.05) is 30.3 Å². The molecule has 0 saturated carbocycles. The lowest BCUT2D eigenvalue weighted by atomic mass is 10.0. The molecular weight excluding hydrogens is 406 g/mol. The van der Waals surface area contributed by atoms with Crippen LogP contribution < -0.4 is 5.73 Å². The van der Waals surface area contributed by atoms with Crippen molar-refractivity contribution in [2.75, 3.05) is 19.6 Å². The summed E-state index contributed by atoms with van der Waals surface area (Å²) in [5.74, 6) is -2.96. The van der Waals surface area contributed by atoms with Crippen LogP contribution in [0.25, 0.3) is 11.3 Å². The summed E-state index contributed by atoms with van der Waals surface area (Å²) in [5.41, 5.74) is 7.70. The monoisotopic (exact) mass is 432 g/mol. The predicted molar refractivity (Wildman–Crippen MR) is 109 cm³/mol. The number of likely N-dealkylation sites (tertiary alicyclic amines) is 2. The van der Waals surface area contributed by atoms with Crippen LogP contribution in [0.4, 0.5) is 8.78 Å². The van der Waals surface area contributed by atoms with Gasteiger partial charge in [0.2, 0.25) is 17.7 Å². The van der Waals surface area contributed by atoms with Gasteiger partial charge in [-0.3, -0.25) is 9.59 Å². The lowest BCUT2D eigenvalue weighted by Crippen LogP contribution is -2.51. The number of nitrogens with zero attached hydrogens (tertiary/aromatic N) is 3. The number of benzene rings is 1. The van der Waals surface area contributed by atoms with Crippen molar-refractivity contribution in [3.05, 3.63) is 42.5 Å². The lowest BCUT2D eigenvalue weighted by molar-refractivity contribution is -0.148. The van der Waals surface area contributed by atoms with E-state index < -0.39 is 24.9 Å². The molecule has 0 aliphatic carbocycles. The second-order valence-corrected chi connectivity index (χ2v) is 8.28. The van der Waals surface area contributed by atoms with Crippen LogP contribution in [0.1, 0.15) is 44.0 Å². The number of rotatable bonds is 6. The van der Waals surface area contributed by atoms with Gasteiger partial charge in [0.15, 0.2) is 0 Å². The van der Waals surface area contributed by atoms with Crippen LogP contribution in [0, 0.1) is 0 Å². The number of piperidine rings is 1. The Balaban J connectivity index is 1.38. The highest BCUT2D eigenvalue weighted by Gasteiger charge is 2.40. The number of alkyl halides is 2. The molecule has 2 fully saturated rings. The molecule has 0 bridgehead atoms. The molecule has 1 aromatic heterocycles. The summed E-state index contributed by atoms with van der Waals surface area (Å²) in [6.45, 7) is -0.144. The van der Waals surface area contributed by atoms with Crippen molar-refractivity contribution in [1.29, 1.82) is 0 Å². The van der Waals surface area contributed by atoms with Gasteiger partial charge in [0, 0.05) is 44.0 Å². The molecule has 9 heteroatoms. The summed E-state index contributed by atoms with van der Waals surface area (Å²) < 4.78 is 32.9. The van der Waals surface area contributed by atoms with Crippen molar-refractivity contribution in [1.82, 2.24) is 14.8 Å². The van der Waals surface area contributed by atoms with Crippen LogP contribution in [0.5, 0.6) is 0 Å². The van der Waals surface area contributed by atoms with Crippen molar-refractivity contribution in [3.63, 3.8) is 0 Å². The van der Waals surface area contributed by atoms with Gasteiger partial charge in [0.25, 0.3) is 5.92 Å². The first-order valence-corrected chi connectivity index (χ1v) is 10.5. The third kappa shape index (κ3) is 4.92. The zero-order valence-electron chi connectivity index (χ0n) is 17.2. The predicted octanol–water partition coefficient (Wildman–Crippen LogP) is 2.98. The van der Waals surface area contributed by atoms with E-state index in [0.29, 0.717) is 18.1 Å². The zero-order chi connectivity index (χ0) is 22.0. The van der Waals surface area contributed by atoms with Crippen molar-refractivity contribution in [2.24, 2.45) is 5.73 Å². The third-order valence-corrected chi connectivity index (χ3v) is 5.82. The molecule has 0 unspecified atom stereocenters. The van der Waals surface area contributed by atoms with Crippen LogP contribution >= 0.6 is 0 Å². The highest BCUT2D eigenvalue weighted by Crippen LogP contribution is 2.33. The SMILES string of the molecule is N[C@@H](CC(=O)N1CCC[C@H]1c1nc(-c2ccccc2)co1)CN1CC(F)(F)CCC1=O. The number of aromatic nitrogens is 1. The Hall–Kier alpha value is -2.81. The number of oxazole rings is 1. The molecule has 0 radical (unpaired) electrons. The van der Waals surface area contributed by atoms with Gasteiger partial charge < -0.3 is 20.0 Å². The summed E-state index contributed by atoms with van der Waals surface area (Å²) in [5, 5.41) is 0. The molecule has 31 heavy (non-hydrogen) atoms. The Morgan fingerprint density at radius 2 is 2.10 bits per heavy atom. The highest BCUT2D eigenvalue weighted by atomic mass is 19.3. The second-order valence-electron chi connectivity index (χ2n) is 8.28. The molecule has 0 spiro atoms. The fraction of sp³-hybridized carbons (Fsp3) is 0.500. The zero-order valence-corrected chi connectivity index (χ0v) is 17.2. The van der Waals surface area contributed by atoms with Crippen LogP contribution in [-0.2, 0) is 9.59 Å². The van der Waals surface area contributed by atoms with Gasteiger partial charge in [-0.15, -0.1) is 0 Å². The van der Waals surface area contributed by atoms with Crippen molar-refractivity contribution in [2.45, 2.75) is 50.1 Å². The number of nitrogens with two attached hydrogens (primary N) is 1. The van der Waals surface area contributed by atoms with Gasteiger partial charge in [0.05, 0.1) is 6.54 Å². The van der Waals surface area contributed by atoms with Crippen LogP contribution in [0.3, 0.4) is 0 Å². The first-order chi connectivity index (χ1) is 14.8. The van der Waals surface area contributed by atoms with Crippen molar-refractivity contribution < 1.29 is 22.8 Å². The van der Waals surface area contributed by atoms with E-state index in [1.807, 2.05) is 30.3 Å². The quantitative estimate of drug-likeness (QED) is 0.758. The maximum absolute atomic E-state index is 13.6. The first kappa shape index (κ1) is 21.4. The number of carbonyl (C=O) groups excluding carboxylic acids is 2. The standard InChI is InChI=1S/C22H26F2N4O3/c23-22(24)9-8-19(29)27(14-22)12-16(25)11-20(30)28-10-4-7-18(28)21-26-17(13-31-21)15-5-2-1-3-6-15/h1-3,5-6,13,16,18H,4,7-12,14,25H2/t16-,18-/m0/s1. The molecule has 166 valence electrons. The highest BCUT2D eigenvalue weighted by molar-refractivity contribution is 5.79. The van der Waals surface area contributed by atoms with Gasteiger partial charge in [-0.05, 0) is 12.8 Å². The maximum Gasteiger partial charge on any atom is 0.265 e. The van der Waals surface area contributed by atoms with Crippen LogP contribution in [0.2, 0.25) is 0 Å². The Labute approximate surface area is 179 Å². The fourth-order valence-corrected chi connectivity index (χ4v) is 4.25. The van der Waals surface area contributed by atoms with E-state index in [1.165, 1.54) is 0 Å². The fourth-order valence-electron chi connectivity index (χ4n) is 4.25. The summed E-state index contributed by atoms with van der Waals surface area (Å²) in [4.78, 5) is 32.2. The third-order valence-electron chi connectivity index (χ3n) is 5.82. The molecule has 3 heterocycles. The Morgan fingerprint density at radius 1 is 1.32 bits per heavy atom. The van der Waals surface area contributed by atoms with Crippen LogP contribution in [-0.4, -0.2) is 58.2 Å². The second kappa shape index (κ2) is 8.74. The van der Waals surface area contributed by atoms with Crippen LogP contribution in [0.15, 0.2) is 41.0 Å². The minimum atomic E-state index is -2.90. The molecule has 1 aromatic carbocycles. The summed E-state index contributed by atoms with van der Waals surface area (Å²) >= 11 is 0. The van der Waals surface area contributed by atoms with Crippen molar-refractivity contribution >= 4 is 11.8 Å². The van der Waals surface area contributed by atoms with Gasteiger partial charge in [-0.2, -0.15) is 0 Å². The molecule has 2 N–H and O–H groups in total. The van der Waals surface area contributed by atoms with E-state index in [1.54, 1.807) is 11.2 Å². The number of hydrogen-bond donors (Lipinski definition) is 1. The van der Waals surface area contributed by atoms with Gasteiger partial charge in [0.1, 0.15) is 18.0 Å². The van der Waals surface area contributed by atoms with Gasteiger partial charge >= 0.3 is 0 Å². The van der Waals surface area contributed by atoms with E-state index in [4.69, 9.17) is 10.2 Å². The lowest BCUT2D eigenvalue weighted by Gasteiger charge is -2.34. The van der Waals surface area contributed by atoms with E-state index in [9.17, 15) is 18.4 Å². The Bertz CT molecular complexity index is 934. The Morgan fingerprint density at radius 3 is 2.87 bits per heavy atom. The van der Waals surface area contributed by atoms with Crippen molar-refractivity contribution in [3.8, 4) is 11.3 Å². The molecular formula is C22H26F2N4O3. The molecule has 2 saturated heterocycles. The summed E-state index contributed by atoms with van der Waals surface area (Å²) in [6, 6.07) is 8.63. The van der Waals surface area contributed by atoms with Gasteiger partial charge in [-0.25, -0.2) is 13.8 Å². The molecule has 2 amide bonds. The van der Waals surface area contributed by atoms with E-state index >= 15 is 0 Å². The van der Waals surface area contributed by atoms with E-state index in [0.717, 1.165) is 23.3 Å². The average Bonchev–Trinajstić information content (AvgIpc) is 3.40.